The normalized spacial score (nSPS) is 43.3. The minimum Gasteiger partial charge on any atom is -0.479 e. The Hall–Kier alpha value is -0.710. The van der Waals surface area contributed by atoms with Gasteiger partial charge in [0.2, 0.25) is 5.60 Å². The summed E-state index contributed by atoms with van der Waals surface area (Å²) in [5.41, 5.74) is -2.18. The van der Waals surface area contributed by atoms with Gasteiger partial charge >= 0.3 is 5.97 Å². The average Bonchev–Trinajstić information content (AvgIpc) is 2.52. The van der Waals surface area contributed by atoms with E-state index in [2.05, 4.69) is 4.74 Å². The zero-order valence-electron chi connectivity index (χ0n) is 6.22. The number of halogens is 2. The number of carboxylic acids is 1. The van der Waals surface area contributed by atoms with E-state index in [9.17, 15) is 13.6 Å². The summed E-state index contributed by atoms with van der Waals surface area (Å²) in [6.07, 6.45) is 0.772. The summed E-state index contributed by atoms with van der Waals surface area (Å²) < 4.78 is 30.5. The van der Waals surface area contributed by atoms with Crippen LogP contribution >= 0.6 is 0 Å². The molecule has 1 aliphatic carbocycles. The highest BCUT2D eigenvalue weighted by Gasteiger charge is 2.87. The van der Waals surface area contributed by atoms with Crippen molar-refractivity contribution in [2.24, 2.45) is 5.92 Å². The van der Waals surface area contributed by atoms with Gasteiger partial charge in [-0.25, -0.2) is 13.6 Å². The maximum atomic E-state index is 12.9. The topological polar surface area (TPSA) is 46.5 Å². The van der Waals surface area contributed by atoms with E-state index in [0.717, 1.165) is 0 Å². The highest BCUT2D eigenvalue weighted by molar-refractivity contribution is 5.85. The molecule has 12 heavy (non-hydrogen) atoms. The van der Waals surface area contributed by atoms with Crippen molar-refractivity contribution < 1.29 is 23.4 Å². The zero-order valence-corrected chi connectivity index (χ0v) is 6.22. The molecule has 0 aromatic carbocycles. The third kappa shape index (κ3) is 0.612. The van der Waals surface area contributed by atoms with Gasteiger partial charge in [-0.3, -0.25) is 0 Å². The van der Waals surface area contributed by atoms with Crippen LogP contribution in [0.3, 0.4) is 0 Å². The molecule has 1 N–H and O–H groups in total. The molecule has 68 valence electrons. The van der Waals surface area contributed by atoms with Crippen LogP contribution in [0.15, 0.2) is 0 Å². The fourth-order valence-corrected chi connectivity index (χ4v) is 1.90. The molecule has 1 heterocycles. The van der Waals surface area contributed by atoms with E-state index >= 15 is 0 Å². The van der Waals surface area contributed by atoms with Crippen molar-refractivity contribution in [1.82, 2.24) is 0 Å². The number of carboxylic acid groups (broad SMARTS) is 1. The van der Waals surface area contributed by atoms with Gasteiger partial charge in [0.15, 0.2) is 0 Å². The predicted octanol–water partition coefficient (Wildman–Crippen LogP) is 0.885. The first-order valence-corrected chi connectivity index (χ1v) is 3.78. The van der Waals surface area contributed by atoms with Crippen LogP contribution in [0, 0.1) is 5.92 Å². The number of aliphatic carboxylic acids is 1. The molecule has 2 atom stereocenters. The quantitative estimate of drug-likeness (QED) is 0.648. The monoisotopic (exact) mass is 178 g/mol. The van der Waals surface area contributed by atoms with Crippen LogP contribution in [0.2, 0.25) is 0 Å². The van der Waals surface area contributed by atoms with E-state index in [0.29, 0.717) is 6.42 Å². The summed E-state index contributed by atoms with van der Waals surface area (Å²) in [5, 5.41) is 8.57. The first-order chi connectivity index (χ1) is 5.53. The van der Waals surface area contributed by atoms with Gasteiger partial charge in [0, 0.05) is 6.61 Å². The Morgan fingerprint density at radius 3 is 2.67 bits per heavy atom. The van der Waals surface area contributed by atoms with Gasteiger partial charge < -0.3 is 9.84 Å². The predicted molar refractivity (Wildman–Crippen MR) is 34.0 cm³/mol. The van der Waals surface area contributed by atoms with Crippen LogP contribution in [0.1, 0.15) is 12.8 Å². The third-order valence-electron chi connectivity index (χ3n) is 2.62. The van der Waals surface area contributed by atoms with Crippen LogP contribution in [-0.4, -0.2) is 29.2 Å². The van der Waals surface area contributed by atoms with E-state index in [-0.39, 0.29) is 13.0 Å². The van der Waals surface area contributed by atoms with Crippen molar-refractivity contribution in [3.05, 3.63) is 0 Å². The highest BCUT2D eigenvalue weighted by Crippen LogP contribution is 2.64. The van der Waals surface area contributed by atoms with E-state index in [1.807, 2.05) is 0 Å². The number of hydrogen-bond donors (Lipinski definition) is 1. The summed E-state index contributed by atoms with van der Waals surface area (Å²) in [5.74, 6) is -5.79. The number of carbonyl (C=O) groups is 1. The second-order valence-electron chi connectivity index (χ2n) is 3.21. The standard InChI is InChI=1S/C7H8F2O3/c8-7(9)4-2-1-3-12-6(4,7)5(10)11/h4H,1-3H2,(H,10,11)/t4-,6+/m0/s1. The summed E-state index contributed by atoms with van der Waals surface area (Å²) in [7, 11) is 0. The molecule has 0 bridgehead atoms. The Morgan fingerprint density at radius 1 is 1.58 bits per heavy atom. The lowest BCUT2D eigenvalue weighted by Gasteiger charge is -2.16. The van der Waals surface area contributed by atoms with Gasteiger partial charge in [-0.1, -0.05) is 0 Å². The summed E-state index contributed by atoms with van der Waals surface area (Å²) in [6.45, 7) is 0.123. The van der Waals surface area contributed by atoms with Crippen molar-refractivity contribution in [1.29, 1.82) is 0 Å². The van der Waals surface area contributed by atoms with Gasteiger partial charge in [-0.05, 0) is 12.8 Å². The lowest BCUT2D eigenvalue weighted by Crippen LogP contribution is -2.35. The fraction of sp³-hybridized carbons (Fsp3) is 0.857. The lowest BCUT2D eigenvalue weighted by atomic mass is 10.1. The summed E-state index contributed by atoms with van der Waals surface area (Å²) in [4.78, 5) is 10.5. The molecule has 0 aromatic heterocycles. The van der Waals surface area contributed by atoms with E-state index in [4.69, 9.17) is 5.11 Å². The van der Waals surface area contributed by atoms with Crippen LogP contribution in [-0.2, 0) is 9.53 Å². The second-order valence-corrected chi connectivity index (χ2v) is 3.21. The highest BCUT2D eigenvalue weighted by atomic mass is 19.3. The number of ether oxygens (including phenoxy) is 1. The largest absolute Gasteiger partial charge is 0.479 e. The summed E-state index contributed by atoms with van der Waals surface area (Å²) >= 11 is 0. The Morgan fingerprint density at radius 2 is 2.25 bits per heavy atom. The molecule has 5 heteroatoms. The molecule has 1 saturated heterocycles. The molecule has 2 aliphatic rings. The van der Waals surface area contributed by atoms with Gasteiger partial charge in [-0.2, -0.15) is 0 Å². The van der Waals surface area contributed by atoms with Crippen molar-refractivity contribution >= 4 is 5.97 Å². The minimum absolute atomic E-state index is 0.123. The van der Waals surface area contributed by atoms with E-state index < -0.39 is 23.4 Å². The molecule has 0 aromatic rings. The first kappa shape index (κ1) is 7.91. The van der Waals surface area contributed by atoms with Crippen LogP contribution in [0.5, 0.6) is 0 Å². The van der Waals surface area contributed by atoms with Gasteiger partial charge in [0.1, 0.15) is 0 Å². The number of hydrogen-bond acceptors (Lipinski definition) is 2. The van der Waals surface area contributed by atoms with Crippen molar-refractivity contribution in [3.8, 4) is 0 Å². The van der Waals surface area contributed by atoms with Crippen molar-refractivity contribution in [2.45, 2.75) is 24.4 Å². The maximum absolute atomic E-state index is 12.9. The van der Waals surface area contributed by atoms with E-state index in [1.54, 1.807) is 0 Å². The van der Waals surface area contributed by atoms with Crippen molar-refractivity contribution in [3.63, 3.8) is 0 Å². The minimum atomic E-state index is -3.16. The molecule has 0 amide bonds. The first-order valence-electron chi connectivity index (χ1n) is 3.78. The molecule has 3 nitrogen and oxygen atoms in total. The fourth-order valence-electron chi connectivity index (χ4n) is 1.90. The molecule has 2 fully saturated rings. The average molecular weight is 178 g/mol. The molecule has 1 saturated carbocycles. The molecule has 0 radical (unpaired) electrons. The zero-order chi connectivity index (χ0) is 8.98. The molecule has 0 unspecified atom stereocenters. The number of rotatable bonds is 1. The van der Waals surface area contributed by atoms with Gasteiger partial charge in [0.25, 0.3) is 5.92 Å². The second kappa shape index (κ2) is 1.96. The molecular formula is C7H8F2O3. The smallest absolute Gasteiger partial charge is 0.342 e. The van der Waals surface area contributed by atoms with Crippen molar-refractivity contribution in [2.75, 3.05) is 6.61 Å². The number of alkyl halides is 2. The van der Waals surface area contributed by atoms with Gasteiger partial charge in [0.05, 0.1) is 5.92 Å². The van der Waals surface area contributed by atoms with Crippen LogP contribution in [0.25, 0.3) is 0 Å². The summed E-state index contributed by atoms with van der Waals surface area (Å²) in [6, 6.07) is 0. The molecule has 1 aliphatic heterocycles. The molecule has 0 spiro atoms. The van der Waals surface area contributed by atoms with Crippen LogP contribution in [0.4, 0.5) is 8.78 Å². The maximum Gasteiger partial charge on any atom is 0.342 e. The SMILES string of the molecule is O=C(O)[C@]12OCCC[C@@H]1C2(F)F. The molecule has 2 rings (SSSR count). The van der Waals surface area contributed by atoms with Crippen LogP contribution < -0.4 is 0 Å². The lowest BCUT2D eigenvalue weighted by molar-refractivity contribution is -0.164. The Labute approximate surface area is 67.3 Å². The third-order valence-corrected chi connectivity index (χ3v) is 2.62. The van der Waals surface area contributed by atoms with Gasteiger partial charge in [-0.15, -0.1) is 0 Å². The number of fused-ring (bicyclic) bond motifs is 1. The molecular weight excluding hydrogens is 170 g/mol. The van der Waals surface area contributed by atoms with E-state index in [1.165, 1.54) is 0 Å². The Balaban J connectivity index is 2.30. The Bertz CT molecular complexity index is 241. The Kier molecular flexibility index (Phi) is 1.29.